The normalized spacial score (nSPS) is 10.7. The standard InChI is InChI=1S/C14H20BrNO2/c1-4-5-6-7-8-11-9(2)12(14(17)18)13(15)16-10(11)3/h4-8H2,1-3H3,(H,17,18). The molecular weight excluding hydrogens is 294 g/mol. The Labute approximate surface area is 117 Å². The minimum atomic E-state index is -0.915. The Morgan fingerprint density at radius 2 is 1.94 bits per heavy atom. The summed E-state index contributed by atoms with van der Waals surface area (Å²) in [4.78, 5) is 15.5. The summed E-state index contributed by atoms with van der Waals surface area (Å²) in [6.07, 6.45) is 5.63. The molecule has 4 heteroatoms. The third-order valence-electron chi connectivity index (χ3n) is 3.23. The molecular formula is C14H20BrNO2. The molecule has 100 valence electrons. The first kappa shape index (κ1) is 15.2. The fourth-order valence-electron chi connectivity index (χ4n) is 2.19. The highest BCUT2D eigenvalue weighted by atomic mass is 79.9. The smallest absolute Gasteiger partial charge is 0.338 e. The van der Waals surface area contributed by atoms with Crippen LogP contribution in [0.2, 0.25) is 0 Å². The number of carboxylic acids is 1. The van der Waals surface area contributed by atoms with E-state index < -0.39 is 5.97 Å². The quantitative estimate of drug-likeness (QED) is 0.630. The first-order valence-corrected chi connectivity index (χ1v) is 7.17. The second-order valence-corrected chi connectivity index (χ2v) is 5.33. The van der Waals surface area contributed by atoms with Crippen molar-refractivity contribution in [2.75, 3.05) is 0 Å². The fraction of sp³-hybridized carbons (Fsp3) is 0.571. The summed E-state index contributed by atoms with van der Waals surface area (Å²) in [5.41, 5.74) is 3.16. The maximum absolute atomic E-state index is 11.2. The molecule has 0 saturated carbocycles. The highest BCUT2D eigenvalue weighted by Crippen LogP contribution is 2.25. The SMILES string of the molecule is CCCCCCc1c(C)nc(Br)c(C(=O)O)c1C. The zero-order valence-corrected chi connectivity index (χ0v) is 12.8. The van der Waals surface area contributed by atoms with Gasteiger partial charge in [-0.2, -0.15) is 0 Å². The number of nitrogens with zero attached hydrogens (tertiary/aromatic N) is 1. The molecule has 0 saturated heterocycles. The van der Waals surface area contributed by atoms with Gasteiger partial charge in [-0.3, -0.25) is 0 Å². The number of hydrogen-bond acceptors (Lipinski definition) is 2. The molecule has 0 amide bonds. The molecule has 1 aromatic heterocycles. The number of aryl methyl sites for hydroxylation is 1. The van der Waals surface area contributed by atoms with Gasteiger partial charge in [-0.15, -0.1) is 0 Å². The lowest BCUT2D eigenvalue weighted by Gasteiger charge is -2.13. The van der Waals surface area contributed by atoms with Gasteiger partial charge in [0.1, 0.15) is 4.60 Å². The number of carboxylic acid groups (broad SMARTS) is 1. The van der Waals surface area contributed by atoms with Gasteiger partial charge in [0.05, 0.1) is 5.56 Å². The van der Waals surface area contributed by atoms with E-state index in [-0.39, 0.29) is 0 Å². The predicted octanol–water partition coefficient (Wildman–Crippen LogP) is 4.28. The second kappa shape index (κ2) is 6.88. The number of rotatable bonds is 6. The van der Waals surface area contributed by atoms with Crippen molar-refractivity contribution in [3.8, 4) is 0 Å². The summed E-state index contributed by atoms with van der Waals surface area (Å²) >= 11 is 3.23. The van der Waals surface area contributed by atoms with Gasteiger partial charge in [-0.25, -0.2) is 9.78 Å². The lowest BCUT2D eigenvalue weighted by molar-refractivity contribution is 0.0694. The Morgan fingerprint density at radius 3 is 2.50 bits per heavy atom. The Morgan fingerprint density at radius 1 is 1.28 bits per heavy atom. The number of halogens is 1. The lowest BCUT2D eigenvalue weighted by atomic mass is 9.97. The minimum absolute atomic E-state index is 0.297. The van der Waals surface area contributed by atoms with Crippen LogP contribution in [0.25, 0.3) is 0 Å². The van der Waals surface area contributed by atoms with E-state index in [2.05, 4.69) is 27.8 Å². The number of pyridine rings is 1. The number of hydrogen-bond donors (Lipinski definition) is 1. The van der Waals surface area contributed by atoms with Crippen LogP contribution in [0.1, 0.15) is 59.8 Å². The predicted molar refractivity (Wildman–Crippen MR) is 76.2 cm³/mol. The van der Waals surface area contributed by atoms with Crippen LogP contribution < -0.4 is 0 Å². The minimum Gasteiger partial charge on any atom is -0.478 e. The van der Waals surface area contributed by atoms with Crippen LogP contribution in [0.4, 0.5) is 0 Å². The van der Waals surface area contributed by atoms with Crippen molar-refractivity contribution in [3.63, 3.8) is 0 Å². The van der Waals surface area contributed by atoms with E-state index in [9.17, 15) is 9.90 Å². The van der Waals surface area contributed by atoms with Gasteiger partial charge >= 0.3 is 5.97 Å². The molecule has 0 bridgehead atoms. The van der Waals surface area contributed by atoms with Crippen molar-refractivity contribution in [1.82, 2.24) is 4.98 Å². The first-order valence-electron chi connectivity index (χ1n) is 6.37. The highest BCUT2D eigenvalue weighted by molar-refractivity contribution is 9.10. The molecule has 0 aromatic carbocycles. The van der Waals surface area contributed by atoms with Gasteiger partial charge in [-0.1, -0.05) is 26.2 Å². The molecule has 0 unspecified atom stereocenters. The number of unbranched alkanes of at least 4 members (excludes halogenated alkanes) is 3. The second-order valence-electron chi connectivity index (χ2n) is 4.58. The molecule has 0 fully saturated rings. The number of aromatic carboxylic acids is 1. The monoisotopic (exact) mass is 313 g/mol. The van der Waals surface area contributed by atoms with Crippen LogP contribution in [0.5, 0.6) is 0 Å². The van der Waals surface area contributed by atoms with Gasteiger partial charge in [0.25, 0.3) is 0 Å². The van der Waals surface area contributed by atoms with E-state index in [1.54, 1.807) is 0 Å². The van der Waals surface area contributed by atoms with Crippen molar-refractivity contribution in [2.24, 2.45) is 0 Å². The lowest BCUT2D eigenvalue weighted by Crippen LogP contribution is -2.08. The van der Waals surface area contributed by atoms with Gasteiger partial charge in [0.2, 0.25) is 0 Å². The van der Waals surface area contributed by atoms with Crippen molar-refractivity contribution in [2.45, 2.75) is 52.9 Å². The van der Waals surface area contributed by atoms with Crippen molar-refractivity contribution in [1.29, 1.82) is 0 Å². The van der Waals surface area contributed by atoms with Gasteiger partial charge in [0, 0.05) is 5.69 Å². The van der Waals surface area contributed by atoms with Crippen LogP contribution in [-0.2, 0) is 6.42 Å². The molecule has 1 heterocycles. The Balaban J connectivity index is 2.97. The Bertz CT molecular complexity index is 444. The molecule has 0 aliphatic carbocycles. The molecule has 0 atom stereocenters. The highest BCUT2D eigenvalue weighted by Gasteiger charge is 2.18. The van der Waals surface area contributed by atoms with Crippen molar-refractivity contribution in [3.05, 3.63) is 27.0 Å². The molecule has 3 nitrogen and oxygen atoms in total. The zero-order chi connectivity index (χ0) is 13.7. The van der Waals surface area contributed by atoms with E-state index in [0.717, 1.165) is 29.7 Å². The maximum atomic E-state index is 11.2. The summed E-state index contributed by atoms with van der Waals surface area (Å²) in [6.45, 7) is 6.00. The average Bonchev–Trinajstić information content (AvgIpc) is 2.26. The summed E-state index contributed by atoms with van der Waals surface area (Å²) in [6, 6.07) is 0. The molecule has 1 aromatic rings. The largest absolute Gasteiger partial charge is 0.478 e. The average molecular weight is 314 g/mol. The molecule has 0 aliphatic heterocycles. The van der Waals surface area contributed by atoms with Crippen LogP contribution >= 0.6 is 15.9 Å². The van der Waals surface area contributed by atoms with Crippen molar-refractivity contribution < 1.29 is 9.90 Å². The van der Waals surface area contributed by atoms with Gasteiger partial charge in [-0.05, 0) is 53.7 Å². The fourth-order valence-corrected chi connectivity index (χ4v) is 2.93. The first-order chi connectivity index (χ1) is 8.49. The molecule has 1 rings (SSSR count). The summed E-state index contributed by atoms with van der Waals surface area (Å²) in [5, 5.41) is 9.20. The Kier molecular flexibility index (Phi) is 5.79. The summed E-state index contributed by atoms with van der Waals surface area (Å²) < 4.78 is 0.433. The van der Waals surface area contributed by atoms with E-state index in [4.69, 9.17) is 0 Å². The molecule has 0 spiro atoms. The van der Waals surface area contributed by atoms with E-state index in [1.807, 2.05) is 13.8 Å². The number of aromatic nitrogens is 1. The van der Waals surface area contributed by atoms with E-state index in [0.29, 0.717) is 10.2 Å². The molecule has 1 N–H and O–H groups in total. The van der Waals surface area contributed by atoms with E-state index >= 15 is 0 Å². The van der Waals surface area contributed by atoms with E-state index in [1.165, 1.54) is 19.3 Å². The molecule has 18 heavy (non-hydrogen) atoms. The van der Waals surface area contributed by atoms with Crippen LogP contribution in [0, 0.1) is 13.8 Å². The maximum Gasteiger partial charge on any atom is 0.338 e. The van der Waals surface area contributed by atoms with Gasteiger partial charge in [0.15, 0.2) is 0 Å². The molecule has 0 aliphatic rings. The topological polar surface area (TPSA) is 50.2 Å². The Hall–Kier alpha value is -0.900. The third kappa shape index (κ3) is 3.55. The summed E-state index contributed by atoms with van der Waals surface area (Å²) in [7, 11) is 0. The van der Waals surface area contributed by atoms with Crippen LogP contribution in [-0.4, -0.2) is 16.1 Å². The van der Waals surface area contributed by atoms with Crippen LogP contribution in [0.15, 0.2) is 4.60 Å². The van der Waals surface area contributed by atoms with Crippen molar-refractivity contribution >= 4 is 21.9 Å². The number of carbonyl (C=O) groups is 1. The van der Waals surface area contributed by atoms with Gasteiger partial charge < -0.3 is 5.11 Å². The molecule has 0 radical (unpaired) electrons. The van der Waals surface area contributed by atoms with Crippen LogP contribution in [0.3, 0.4) is 0 Å². The summed E-state index contributed by atoms with van der Waals surface area (Å²) in [5.74, 6) is -0.915. The third-order valence-corrected chi connectivity index (χ3v) is 3.80. The zero-order valence-electron chi connectivity index (χ0n) is 11.2.